The van der Waals surface area contributed by atoms with E-state index in [1.165, 1.54) is 10.2 Å². The molecule has 0 radical (unpaired) electrons. The number of nitrogens with zero attached hydrogens (tertiary/aromatic N) is 1. The number of hydrogen-bond donors (Lipinski definition) is 0. The van der Waals surface area contributed by atoms with Crippen LogP contribution in [0.5, 0.6) is 0 Å². The normalized spacial score (nSPS) is 10.4. The van der Waals surface area contributed by atoms with Crippen molar-refractivity contribution >= 4 is 27.8 Å². The van der Waals surface area contributed by atoms with E-state index < -0.39 is 0 Å². The second-order valence-corrected chi connectivity index (χ2v) is 2.98. The Kier molecular flexibility index (Phi) is 1.14. The Morgan fingerprint density at radius 3 is 3.20 bits per heavy atom. The topological polar surface area (TPSA) is 4.93 Å². The lowest BCUT2D eigenvalue weighted by atomic mass is 10.4. The van der Waals surface area contributed by atoms with E-state index >= 15 is 0 Å². The molecule has 0 amide bonds. The summed E-state index contributed by atoms with van der Waals surface area (Å²) >= 11 is 1.74. The van der Waals surface area contributed by atoms with Crippen LogP contribution in [-0.2, 0) is 0 Å². The van der Waals surface area contributed by atoms with Crippen LogP contribution in [0.2, 0.25) is 0 Å². The summed E-state index contributed by atoms with van der Waals surface area (Å²) in [5.74, 6) is 0. The molecule has 0 atom stereocenters. The largest absolute Gasteiger partial charge is 0.316 e. The second-order valence-electron chi connectivity index (χ2n) is 2.09. The third kappa shape index (κ3) is 0.625. The maximum atomic E-state index is 3.70. The minimum atomic E-state index is 1.27. The van der Waals surface area contributed by atoms with E-state index in [0.29, 0.717) is 0 Å². The summed E-state index contributed by atoms with van der Waals surface area (Å²) in [5, 5.41) is 3.38. The summed E-state index contributed by atoms with van der Waals surface area (Å²) in [4.78, 5) is 1.27. The second kappa shape index (κ2) is 1.99. The molecule has 2 heterocycles. The molecule has 2 aromatic rings. The molecule has 0 saturated carbocycles. The number of hydrogen-bond acceptors (Lipinski definition) is 1. The van der Waals surface area contributed by atoms with Crippen molar-refractivity contribution in [3.05, 3.63) is 30.3 Å². The fourth-order valence-corrected chi connectivity index (χ4v) is 1.89. The molecule has 0 saturated heterocycles. The van der Waals surface area contributed by atoms with Crippen molar-refractivity contribution < 1.29 is 0 Å². The van der Waals surface area contributed by atoms with E-state index in [9.17, 15) is 0 Å². The van der Waals surface area contributed by atoms with Gasteiger partial charge in [0.05, 0.1) is 0 Å². The lowest BCUT2D eigenvalue weighted by Crippen LogP contribution is -1.75. The molecule has 10 heavy (non-hydrogen) atoms. The first-order valence-electron chi connectivity index (χ1n) is 3.08. The number of aromatic nitrogens is 1. The number of fused-ring (bicyclic) bond motifs is 1. The van der Waals surface area contributed by atoms with Crippen molar-refractivity contribution in [1.82, 2.24) is 4.57 Å². The fourth-order valence-electron chi connectivity index (χ4n) is 1.02. The van der Waals surface area contributed by atoms with Gasteiger partial charge in [-0.3, -0.25) is 0 Å². The van der Waals surface area contributed by atoms with Crippen molar-refractivity contribution in [3.8, 4) is 0 Å². The van der Waals surface area contributed by atoms with Gasteiger partial charge in [-0.1, -0.05) is 6.58 Å². The lowest BCUT2D eigenvalue weighted by Gasteiger charge is -1.88. The third-order valence-electron chi connectivity index (χ3n) is 1.52. The van der Waals surface area contributed by atoms with Gasteiger partial charge in [-0.2, -0.15) is 0 Å². The van der Waals surface area contributed by atoms with E-state index in [-0.39, 0.29) is 0 Å². The lowest BCUT2D eigenvalue weighted by molar-refractivity contribution is 1.25. The van der Waals surface area contributed by atoms with E-state index in [1.54, 1.807) is 11.3 Å². The Hall–Kier alpha value is -1.02. The first-order chi connectivity index (χ1) is 4.92. The number of thiophene rings is 1. The zero-order valence-corrected chi connectivity index (χ0v) is 6.27. The van der Waals surface area contributed by atoms with Gasteiger partial charge in [-0.05, 0) is 17.5 Å². The molecule has 0 aromatic carbocycles. The average Bonchev–Trinajstić information content (AvgIpc) is 2.44. The van der Waals surface area contributed by atoms with Crippen LogP contribution in [0.15, 0.2) is 30.3 Å². The molecule has 2 aromatic heterocycles. The minimum Gasteiger partial charge on any atom is -0.316 e. The first-order valence-corrected chi connectivity index (χ1v) is 3.96. The van der Waals surface area contributed by atoms with Crippen LogP contribution >= 0.6 is 11.3 Å². The van der Waals surface area contributed by atoms with Gasteiger partial charge in [0.2, 0.25) is 0 Å². The predicted octanol–water partition coefficient (Wildman–Crippen LogP) is 2.80. The van der Waals surface area contributed by atoms with Gasteiger partial charge in [-0.25, -0.2) is 0 Å². The van der Waals surface area contributed by atoms with Crippen molar-refractivity contribution in [2.45, 2.75) is 0 Å². The van der Waals surface area contributed by atoms with Crippen LogP contribution in [0.3, 0.4) is 0 Å². The fraction of sp³-hybridized carbons (Fsp3) is 0. The monoisotopic (exact) mass is 149 g/mol. The highest BCUT2D eigenvalue weighted by Gasteiger charge is 1.96. The van der Waals surface area contributed by atoms with Gasteiger partial charge >= 0.3 is 0 Å². The molecular formula is C8H7NS. The van der Waals surface area contributed by atoms with E-state index in [4.69, 9.17) is 0 Å². The predicted molar refractivity (Wildman–Crippen MR) is 46.2 cm³/mol. The maximum Gasteiger partial charge on any atom is 0.106 e. The highest BCUT2D eigenvalue weighted by molar-refractivity contribution is 7.16. The van der Waals surface area contributed by atoms with Crippen molar-refractivity contribution in [2.24, 2.45) is 0 Å². The van der Waals surface area contributed by atoms with Crippen molar-refractivity contribution in [2.75, 3.05) is 0 Å². The Bertz CT molecular complexity index is 356. The first kappa shape index (κ1) is 5.74. The van der Waals surface area contributed by atoms with E-state index in [2.05, 4.69) is 24.1 Å². The highest BCUT2D eigenvalue weighted by Crippen LogP contribution is 2.21. The third-order valence-corrected chi connectivity index (χ3v) is 2.46. The van der Waals surface area contributed by atoms with Crippen LogP contribution in [0.4, 0.5) is 0 Å². The quantitative estimate of drug-likeness (QED) is 0.587. The zero-order valence-electron chi connectivity index (χ0n) is 5.45. The molecule has 0 bridgehead atoms. The molecular weight excluding hydrogens is 142 g/mol. The van der Waals surface area contributed by atoms with Crippen LogP contribution < -0.4 is 0 Å². The smallest absolute Gasteiger partial charge is 0.106 e. The molecule has 0 fully saturated rings. The molecule has 50 valence electrons. The standard InChI is InChI=1S/C8H7NS/c1-2-9-5-3-7-4-6-10-8(7)9/h2-6H,1H2. The summed E-state index contributed by atoms with van der Waals surface area (Å²) < 4.78 is 2.03. The Labute approximate surface area is 63.2 Å². The van der Waals surface area contributed by atoms with Gasteiger partial charge < -0.3 is 4.57 Å². The van der Waals surface area contributed by atoms with Gasteiger partial charge in [0, 0.05) is 17.8 Å². The van der Waals surface area contributed by atoms with Crippen molar-refractivity contribution in [1.29, 1.82) is 0 Å². The molecule has 2 heteroatoms. The SMILES string of the molecule is C=Cn1ccc2ccsc21. The van der Waals surface area contributed by atoms with Crippen molar-refractivity contribution in [3.63, 3.8) is 0 Å². The summed E-state index contributed by atoms with van der Waals surface area (Å²) in [6, 6.07) is 4.20. The van der Waals surface area contributed by atoms with E-state index in [1.807, 2.05) is 17.0 Å². The maximum absolute atomic E-state index is 3.70. The summed E-state index contributed by atoms with van der Waals surface area (Å²) in [5.41, 5.74) is 0. The molecule has 0 aliphatic carbocycles. The highest BCUT2D eigenvalue weighted by atomic mass is 32.1. The Morgan fingerprint density at radius 1 is 1.50 bits per heavy atom. The average molecular weight is 149 g/mol. The summed E-state index contributed by atoms with van der Waals surface area (Å²) in [6.07, 6.45) is 3.84. The molecule has 0 aliphatic rings. The Balaban J connectivity index is 2.88. The molecule has 0 N–H and O–H groups in total. The molecule has 0 spiro atoms. The van der Waals surface area contributed by atoms with Crippen LogP contribution in [0.1, 0.15) is 0 Å². The van der Waals surface area contributed by atoms with Crippen LogP contribution in [-0.4, -0.2) is 4.57 Å². The van der Waals surface area contributed by atoms with Gasteiger partial charge in [0.1, 0.15) is 4.83 Å². The molecule has 1 nitrogen and oxygen atoms in total. The van der Waals surface area contributed by atoms with Crippen LogP contribution in [0.25, 0.3) is 16.4 Å². The van der Waals surface area contributed by atoms with E-state index in [0.717, 1.165) is 0 Å². The summed E-state index contributed by atoms with van der Waals surface area (Å²) in [6.45, 7) is 3.70. The van der Waals surface area contributed by atoms with Crippen LogP contribution in [0, 0.1) is 0 Å². The molecule has 0 unspecified atom stereocenters. The molecule has 2 rings (SSSR count). The number of rotatable bonds is 1. The Morgan fingerprint density at radius 2 is 2.40 bits per heavy atom. The van der Waals surface area contributed by atoms with Gasteiger partial charge in [0.25, 0.3) is 0 Å². The zero-order chi connectivity index (χ0) is 6.97. The van der Waals surface area contributed by atoms with Gasteiger partial charge in [-0.15, -0.1) is 11.3 Å². The van der Waals surface area contributed by atoms with Gasteiger partial charge in [0.15, 0.2) is 0 Å². The minimum absolute atomic E-state index is 1.27. The molecule has 0 aliphatic heterocycles. The summed E-state index contributed by atoms with van der Waals surface area (Å²) in [7, 11) is 0.